The van der Waals surface area contributed by atoms with Crippen molar-refractivity contribution in [3.8, 4) is 0 Å². The van der Waals surface area contributed by atoms with E-state index in [4.69, 9.17) is 11.6 Å². The molecular weight excluding hydrogens is 283 g/mol. The van der Waals surface area contributed by atoms with Gasteiger partial charge >= 0.3 is 0 Å². The van der Waals surface area contributed by atoms with Gasteiger partial charge in [0.2, 0.25) is 0 Å². The summed E-state index contributed by atoms with van der Waals surface area (Å²) < 4.78 is 0. The zero-order valence-electron chi connectivity index (χ0n) is 10.9. The molecular formula is C14H18Cl2N2O. The average molecular weight is 301 g/mol. The molecule has 2 aliphatic heterocycles. The number of nitrogens with one attached hydrogen (secondary N) is 1. The van der Waals surface area contributed by atoms with Crippen molar-refractivity contribution in [3.05, 3.63) is 34.3 Å². The summed E-state index contributed by atoms with van der Waals surface area (Å²) in [5.41, 5.74) is 1.75. The highest BCUT2D eigenvalue weighted by Gasteiger charge is 2.38. The normalized spacial score (nSPS) is 25.1. The maximum atomic E-state index is 12.5. The van der Waals surface area contributed by atoms with Crippen LogP contribution in [0.2, 0.25) is 5.02 Å². The van der Waals surface area contributed by atoms with Gasteiger partial charge in [-0.3, -0.25) is 4.79 Å². The Morgan fingerprint density at radius 2 is 1.95 bits per heavy atom. The number of amides is 1. The van der Waals surface area contributed by atoms with Crippen LogP contribution in [0.15, 0.2) is 18.2 Å². The first-order valence-corrected chi connectivity index (χ1v) is 6.79. The van der Waals surface area contributed by atoms with Gasteiger partial charge in [-0.15, -0.1) is 12.4 Å². The maximum Gasteiger partial charge on any atom is 0.254 e. The second-order valence-electron chi connectivity index (χ2n) is 5.35. The molecule has 3 nitrogen and oxygen atoms in total. The summed E-state index contributed by atoms with van der Waals surface area (Å²) in [4.78, 5) is 14.5. The summed E-state index contributed by atoms with van der Waals surface area (Å²) in [6, 6.07) is 5.52. The Labute approximate surface area is 124 Å². The molecule has 104 valence electrons. The van der Waals surface area contributed by atoms with Crippen molar-refractivity contribution in [2.24, 2.45) is 11.8 Å². The van der Waals surface area contributed by atoms with E-state index >= 15 is 0 Å². The van der Waals surface area contributed by atoms with Crippen molar-refractivity contribution in [2.75, 3.05) is 26.2 Å². The molecule has 3 rings (SSSR count). The number of carbonyl (C=O) groups is 1. The highest BCUT2D eigenvalue weighted by molar-refractivity contribution is 6.31. The summed E-state index contributed by atoms with van der Waals surface area (Å²) in [5, 5.41) is 4.01. The Morgan fingerprint density at radius 1 is 1.32 bits per heavy atom. The summed E-state index contributed by atoms with van der Waals surface area (Å²) in [7, 11) is 0. The van der Waals surface area contributed by atoms with Gasteiger partial charge in [0.05, 0.1) is 0 Å². The largest absolute Gasteiger partial charge is 0.338 e. The Hall–Kier alpha value is -0.770. The minimum absolute atomic E-state index is 0. The third kappa shape index (κ3) is 2.73. The third-order valence-electron chi connectivity index (χ3n) is 4.11. The smallest absolute Gasteiger partial charge is 0.254 e. The molecule has 19 heavy (non-hydrogen) atoms. The second kappa shape index (κ2) is 5.70. The summed E-state index contributed by atoms with van der Waals surface area (Å²) in [5.74, 6) is 1.39. The number of hydrogen-bond acceptors (Lipinski definition) is 2. The molecule has 1 N–H and O–H groups in total. The number of likely N-dealkylation sites (tertiary alicyclic amines) is 1. The van der Waals surface area contributed by atoms with E-state index in [0.29, 0.717) is 16.9 Å². The molecule has 1 amide bonds. The van der Waals surface area contributed by atoms with Crippen molar-refractivity contribution < 1.29 is 4.79 Å². The molecule has 2 saturated heterocycles. The van der Waals surface area contributed by atoms with Gasteiger partial charge in [-0.25, -0.2) is 0 Å². The summed E-state index contributed by atoms with van der Waals surface area (Å²) in [6.07, 6.45) is 0. The zero-order valence-corrected chi connectivity index (χ0v) is 12.4. The molecule has 2 fully saturated rings. The Morgan fingerprint density at radius 3 is 2.58 bits per heavy atom. The van der Waals surface area contributed by atoms with Crippen LogP contribution in [0, 0.1) is 18.8 Å². The SMILES string of the molecule is Cc1ccc(Cl)cc1C(=O)N1C[C@H]2CNC[C@H]2C1.Cl. The average Bonchev–Trinajstić information content (AvgIpc) is 2.91. The van der Waals surface area contributed by atoms with Gasteiger partial charge in [-0.2, -0.15) is 0 Å². The molecule has 0 aliphatic carbocycles. The number of aryl methyl sites for hydroxylation is 1. The van der Waals surface area contributed by atoms with E-state index in [0.717, 1.165) is 37.3 Å². The van der Waals surface area contributed by atoms with Crippen LogP contribution in [-0.4, -0.2) is 37.0 Å². The van der Waals surface area contributed by atoms with E-state index in [1.165, 1.54) is 0 Å². The van der Waals surface area contributed by atoms with Crippen molar-refractivity contribution >= 4 is 29.9 Å². The molecule has 2 heterocycles. The number of fused-ring (bicyclic) bond motifs is 1. The molecule has 1 aromatic rings. The van der Waals surface area contributed by atoms with Gasteiger partial charge in [0, 0.05) is 36.8 Å². The van der Waals surface area contributed by atoms with Crippen LogP contribution in [-0.2, 0) is 0 Å². The number of rotatable bonds is 1. The van der Waals surface area contributed by atoms with Gasteiger partial charge in [0.25, 0.3) is 5.91 Å². The fraction of sp³-hybridized carbons (Fsp3) is 0.500. The molecule has 0 spiro atoms. The Balaban J connectivity index is 0.00000133. The highest BCUT2D eigenvalue weighted by atomic mass is 35.5. The number of halogens is 2. The van der Waals surface area contributed by atoms with E-state index in [2.05, 4.69) is 5.32 Å². The number of carbonyl (C=O) groups excluding carboxylic acids is 1. The Bertz CT molecular complexity index is 480. The van der Waals surface area contributed by atoms with Crippen LogP contribution >= 0.6 is 24.0 Å². The highest BCUT2D eigenvalue weighted by Crippen LogP contribution is 2.28. The van der Waals surface area contributed by atoms with E-state index in [9.17, 15) is 4.79 Å². The predicted molar refractivity (Wildman–Crippen MR) is 79.2 cm³/mol. The van der Waals surface area contributed by atoms with Gasteiger partial charge in [0.15, 0.2) is 0 Å². The molecule has 0 bridgehead atoms. The van der Waals surface area contributed by atoms with E-state index in [1.54, 1.807) is 6.07 Å². The fourth-order valence-electron chi connectivity index (χ4n) is 3.02. The van der Waals surface area contributed by atoms with E-state index < -0.39 is 0 Å². The first-order valence-electron chi connectivity index (χ1n) is 6.41. The molecule has 2 atom stereocenters. The van der Waals surface area contributed by atoms with Crippen molar-refractivity contribution in [2.45, 2.75) is 6.92 Å². The maximum absolute atomic E-state index is 12.5. The number of hydrogen-bond donors (Lipinski definition) is 1. The quantitative estimate of drug-likeness (QED) is 0.863. The van der Waals surface area contributed by atoms with Crippen LogP contribution in [0.3, 0.4) is 0 Å². The van der Waals surface area contributed by atoms with Crippen LogP contribution in [0.4, 0.5) is 0 Å². The van der Waals surface area contributed by atoms with Crippen molar-refractivity contribution in [1.29, 1.82) is 0 Å². The van der Waals surface area contributed by atoms with Crippen LogP contribution in [0.1, 0.15) is 15.9 Å². The van der Waals surface area contributed by atoms with Crippen molar-refractivity contribution in [3.63, 3.8) is 0 Å². The van der Waals surface area contributed by atoms with Gasteiger partial charge in [0.1, 0.15) is 0 Å². The number of benzene rings is 1. The van der Waals surface area contributed by atoms with Gasteiger partial charge in [-0.05, 0) is 36.5 Å². The number of nitrogens with zero attached hydrogens (tertiary/aromatic N) is 1. The minimum atomic E-state index is 0. The minimum Gasteiger partial charge on any atom is -0.338 e. The van der Waals surface area contributed by atoms with Gasteiger partial charge in [-0.1, -0.05) is 17.7 Å². The van der Waals surface area contributed by atoms with Crippen LogP contribution < -0.4 is 5.32 Å². The topological polar surface area (TPSA) is 32.3 Å². The second-order valence-corrected chi connectivity index (χ2v) is 5.78. The molecule has 1 aromatic carbocycles. The first-order chi connectivity index (χ1) is 8.65. The summed E-state index contributed by atoms with van der Waals surface area (Å²) in [6.45, 7) is 5.80. The molecule has 0 radical (unpaired) electrons. The molecule has 0 unspecified atom stereocenters. The third-order valence-corrected chi connectivity index (χ3v) is 4.34. The lowest BCUT2D eigenvalue weighted by Crippen LogP contribution is -2.32. The first kappa shape index (κ1) is 14.6. The molecule has 0 aromatic heterocycles. The summed E-state index contributed by atoms with van der Waals surface area (Å²) >= 11 is 5.98. The fourth-order valence-corrected chi connectivity index (χ4v) is 3.19. The van der Waals surface area contributed by atoms with E-state index in [-0.39, 0.29) is 18.3 Å². The van der Waals surface area contributed by atoms with Crippen LogP contribution in [0.25, 0.3) is 0 Å². The molecule has 5 heteroatoms. The molecule has 0 saturated carbocycles. The molecule has 2 aliphatic rings. The lowest BCUT2D eigenvalue weighted by molar-refractivity contribution is 0.0781. The monoisotopic (exact) mass is 300 g/mol. The lowest BCUT2D eigenvalue weighted by atomic mass is 10.0. The van der Waals surface area contributed by atoms with Crippen molar-refractivity contribution in [1.82, 2.24) is 10.2 Å². The van der Waals surface area contributed by atoms with Crippen LogP contribution in [0.5, 0.6) is 0 Å². The predicted octanol–water partition coefficient (Wildman–Crippen LogP) is 2.36. The Kier molecular flexibility index (Phi) is 4.39. The zero-order chi connectivity index (χ0) is 12.7. The van der Waals surface area contributed by atoms with Gasteiger partial charge < -0.3 is 10.2 Å². The lowest BCUT2D eigenvalue weighted by Gasteiger charge is -2.18. The van der Waals surface area contributed by atoms with E-state index in [1.807, 2.05) is 24.0 Å². The standard InChI is InChI=1S/C14H17ClN2O.ClH/c1-9-2-3-12(15)4-13(9)14(18)17-7-10-5-16-6-11(10)8-17;/h2-4,10-11,16H,5-8H2,1H3;1H/t10-,11+;.